The molecule has 258 valence electrons. The largest absolute Gasteiger partial charge is 0.489 e. The van der Waals surface area contributed by atoms with Crippen LogP contribution in [-0.4, -0.2) is 104 Å². The number of carbonyl (C=O) groups is 4. The van der Waals surface area contributed by atoms with Gasteiger partial charge in [0.15, 0.2) is 29.1 Å². The number of halogens is 2. The Morgan fingerprint density at radius 3 is 2.43 bits per heavy atom. The quantitative estimate of drug-likeness (QED) is 0.352. The van der Waals surface area contributed by atoms with Gasteiger partial charge in [-0.2, -0.15) is 8.78 Å². The van der Waals surface area contributed by atoms with Gasteiger partial charge in [0.2, 0.25) is 11.8 Å². The van der Waals surface area contributed by atoms with Crippen LogP contribution in [-0.2, 0) is 23.8 Å². The Balaban J connectivity index is 0.000000930. The highest BCUT2D eigenvalue weighted by Gasteiger charge is 2.41. The molecule has 2 saturated heterocycles. The number of hydrogen-bond donors (Lipinski definition) is 2. The predicted molar refractivity (Wildman–Crippen MR) is 158 cm³/mol. The van der Waals surface area contributed by atoms with Gasteiger partial charge in [-0.25, -0.2) is 14.6 Å². The molecule has 5 rings (SSSR count). The van der Waals surface area contributed by atoms with E-state index in [-0.39, 0.29) is 54.4 Å². The number of aromatic nitrogens is 1. The maximum Gasteiger partial charge on any atom is 0.404 e. The van der Waals surface area contributed by atoms with E-state index in [1.165, 1.54) is 42.2 Å². The zero-order valence-corrected chi connectivity index (χ0v) is 26.3. The highest BCUT2D eigenvalue weighted by atomic mass is 19.3. The Labute approximate surface area is 269 Å². The average Bonchev–Trinajstić information content (AvgIpc) is 3.56. The van der Waals surface area contributed by atoms with Crippen molar-refractivity contribution in [3.63, 3.8) is 0 Å². The van der Waals surface area contributed by atoms with Gasteiger partial charge in [0.25, 0.3) is 5.91 Å². The minimum atomic E-state index is -3.03. The van der Waals surface area contributed by atoms with Crippen molar-refractivity contribution in [3.05, 3.63) is 29.7 Å². The molecular weight excluding hydrogens is 628 g/mol. The van der Waals surface area contributed by atoms with Crippen molar-refractivity contribution in [2.75, 3.05) is 47.1 Å². The lowest BCUT2D eigenvalue weighted by atomic mass is 10.1. The number of amides is 3. The fourth-order valence-electron chi connectivity index (χ4n) is 5.09. The van der Waals surface area contributed by atoms with E-state index in [1.807, 2.05) is 0 Å². The zero-order chi connectivity index (χ0) is 34.2. The Hall–Kier alpha value is -4.51. The summed E-state index contributed by atoms with van der Waals surface area (Å²) >= 11 is 0. The summed E-state index contributed by atoms with van der Waals surface area (Å²) in [5.41, 5.74) is 10.9. The lowest BCUT2D eigenvalue weighted by molar-refractivity contribution is -0.163. The van der Waals surface area contributed by atoms with E-state index in [0.29, 0.717) is 37.5 Å². The number of morpholine rings is 1. The Bertz CT molecular complexity index is 1430. The van der Waals surface area contributed by atoms with Crippen molar-refractivity contribution in [1.29, 1.82) is 0 Å². The van der Waals surface area contributed by atoms with Crippen LogP contribution in [0.25, 0.3) is 11.5 Å². The molecule has 3 fully saturated rings. The minimum Gasteiger partial charge on any atom is -0.489 e. The number of ether oxygens (including phenoxy) is 5. The highest BCUT2D eigenvalue weighted by molar-refractivity contribution is 5.98. The molecule has 1 aromatic carbocycles. The van der Waals surface area contributed by atoms with E-state index < -0.39 is 42.8 Å². The first-order valence-electron chi connectivity index (χ1n) is 15.0. The number of benzene rings is 1. The van der Waals surface area contributed by atoms with Crippen LogP contribution in [0.4, 0.5) is 13.6 Å². The summed E-state index contributed by atoms with van der Waals surface area (Å²) in [5.74, 6) is -0.873. The van der Waals surface area contributed by atoms with Gasteiger partial charge in [-0.15, -0.1) is 0 Å². The second-order valence-electron chi connectivity index (χ2n) is 11.2. The molecule has 1 aliphatic carbocycles. The number of carbonyl (C=O) groups excluding carboxylic acids is 4. The van der Waals surface area contributed by atoms with Crippen LogP contribution in [0.1, 0.15) is 54.9 Å². The van der Waals surface area contributed by atoms with Crippen LogP contribution < -0.4 is 20.9 Å². The van der Waals surface area contributed by atoms with E-state index in [1.54, 1.807) is 6.92 Å². The van der Waals surface area contributed by atoms with Crippen LogP contribution in [0.15, 0.2) is 22.6 Å². The molecule has 2 aliphatic heterocycles. The number of alkyl halides is 2. The Kier molecular flexibility index (Phi) is 11.9. The number of oxazole rings is 1. The van der Waals surface area contributed by atoms with Crippen LogP contribution in [0, 0.1) is 5.92 Å². The monoisotopic (exact) mass is 667 g/mol. The van der Waals surface area contributed by atoms with Gasteiger partial charge in [0, 0.05) is 18.7 Å². The first kappa shape index (κ1) is 35.3. The molecule has 1 aromatic heterocycles. The van der Waals surface area contributed by atoms with Gasteiger partial charge < -0.3 is 49.4 Å². The molecule has 4 N–H and O–H groups in total. The Morgan fingerprint density at radius 2 is 1.81 bits per heavy atom. The topological polar surface area (TPSA) is 199 Å². The van der Waals surface area contributed by atoms with Gasteiger partial charge in [0.05, 0.1) is 40.0 Å². The number of rotatable bonds is 10. The van der Waals surface area contributed by atoms with E-state index in [0.717, 1.165) is 12.8 Å². The van der Waals surface area contributed by atoms with Gasteiger partial charge in [-0.1, -0.05) is 0 Å². The SMILES string of the molecule is COC(=O)C1CN(C(=O)C2CCCN2C(=O)c2nc(-c3ccc(OC(F)F)c(OCC4CC4)c3)oc2[C@H](C)N)CCO1.COC(N)=O. The zero-order valence-electron chi connectivity index (χ0n) is 26.3. The van der Waals surface area contributed by atoms with Crippen LogP contribution in [0.5, 0.6) is 11.5 Å². The molecule has 3 atom stereocenters. The molecule has 0 radical (unpaired) electrons. The van der Waals surface area contributed by atoms with Gasteiger partial charge in [-0.05, 0) is 56.7 Å². The fourth-order valence-corrected chi connectivity index (χ4v) is 5.09. The smallest absolute Gasteiger partial charge is 0.404 e. The number of primary amides is 1. The third-order valence-electron chi connectivity index (χ3n) is 7.69. The molecule has 3 aliphatic rings. The highest BCUT2D eigenvalue weighted by Crippen LogP contribution is 2.37. The van der Waals surface area contributed by atoms with Crippen molar-refractivity contribution in [2.45, 2.75) is 57.4 Å². The molecule has 15 nitrogen and oxygen atoms in total. The normalized spacial score (nSPS) is 19.8. The second kappa shape index (κ2) is 15.9. The summed E-state index contributed by atoms with van der Waals surface area (Å²) in [7, 11) is 2.47. The number of hydrogen-bond acceptors (Lipinski definition) is 12. The first-order valence-corrected chi connectivity index (χ1v) is 15.0. The van der Waals surface area contributed by atoms with E-state index in [9.17, 15) is 28.0 Å². The van der Waals surface area contributed by atoms with Crippen molar-refractivity contribution in [3.8, 4) is 23.0 Å². The molecule has 0 bridgehead atoms. The second-order valence-corrected chi connectivity index (χ2v) is 11.2. The van der Waals surface area contributed by atoms with Gasteiger partial charge in [-0.3, -0.25) is 9.59 Å². The third-order valence-corrected chi connectivity index (χ3v) is 7.69. The van der Waals surface area contributed by atoms with Crippen LogP contribution in [0.2, 0.25) is 0 Å². The average molecular weight is 668 g/mol. The van der Waals surface area contributed by atoms with Gasteiger partial charge >= 0.3 is 18.7 Å². The standard InChI is InChI=1S/C28H34F2N4O8.C2H5NO2/c1-15(31)23-22(26(36)34-9-3-4-18(34)25(35)33-10-11-39-21(13-33)27(37)38-2)32-24(42-23)17-7-8-19(41-28(29)30)20(12-17)40-14-16-5-6-16;1-5-2(3)4/h7-8,12,15-16,18,21,28H,3-6,9-11,13-14,31H2,1-2H3;1H3,(H2,3,4)/t15-,18?,21?;/m0./s1. The molecule has 17 heteroatoms. The fraction of sp³-hybridized carbons (Fsp3) is 0.567. The number of nitrogens with zero attached hydrogens (tertiary/aromatic N) is 3. The lowest BCUT2D eigenvalue weighted by Gasteiger charge is -2.35. The van der Waals surface area contributed by atoms with Gasteiger partial charge in [0.1, 0.15) is 6.04 Å². The minimum absolute atomic E-state index is 0.0274. The van der Waals surface area contributed by atoms with Crippen molar-refractivity contribution < 1.29 is 56.1 Å². The summed E-state index contributed by atoms with van der Waals surface area (Å²) < 4.78 is 56.3. The van der Waals surface area contributed by atoms with E-state index in [2.05, 4.69) is 20.2 Å². The summed E-state index contributed by atoms with van der Waals surface area (Å²) in [5, 5.41) is 0. The number of likely N-dealkylation sites (tertiary alicyclic amines) is 1. The number of methoxy groups -OCH3 is 2. The molecule has 2 unspecified atom stereocenters. The van der Waals surface area contributed by atoms with Crippen molar-refractivity contribution >= 4 is 23.9 Å². The molecule has 2 aromatic rings. The van der Waals surface area contributed by atoms with Crippen LogP contribution >= 0.6 is 0 Å². The molecule has 3 amide bonds. The van der Waals surface area contributed by atoms with Crippen LogP contribution in [0.3, 0.4) is 0 Å². The maximum atomic E-state index is 13.8. The molecule has 47 heavy (non-hydrogen) atoms. The third kappa shape index (κ3) is 9.06. The summed E-state index contributed by atoms with van der Waals surface area (Å²) in [4.78, 5) is 56.0. The predicted octanol–water partition coefficient (Wildman–Crippen LogP) is 2.47. The molecule has 3 heterocycles. The Morgan fingerprint density at radius 1 is 1.09 bits per heavy atom. The van der Waals surface area contributed by atoms with Crippen molar-refractivity contribution in [2.24, 2.45) is 17.4 Å². The number of esters is 1. The first-order chi connectivity index (χ1) is 22.4. The van der Waals surface area contributed by atoms with E-state index >= 15 is 0 Å². The molecular formula is C30H39F2N5O10. The molecule has 0 spiro atoms. The summed E-state index contributed by atoms with van der Waals surface area (Å²) in [6.07, 6.45) is 1.41. The lowest BCUT2D eigenvalue weighted by Crippen LogP contribution is -2.54. The summed E-state index contributed by atoms with van der Waals surface area (Å²) in [6, 6.07) is 2.81. The van der Waals surface area contributed by atoms with Crippen molar-refractivity contribution in [1.82, 2.24) is 14.8 Å². The van der Waals surface area contributed by atoms with E-state index in [4.69, 9.17) is 24.4 Å². The number of nitrogens with two attached hydrogens (primary N) is 2. The molecule has 1 saturated carbocycles. The summed E-state index contributed by atoms with van der Waals surface area (Å²) in [6.45, 7) is -0.245. The maximum absolute atomic E-state index is 13.8.